The first kappa shape index (κ1) is 15.8. The fourth-order valence-electron chi connectivity index (χ4n) is 3.46. The van der Waals surface area contributed by atoms with Crippen molar-refractivity contribution in [3.63, 3.8) is 0 Å². The molecule has 2 rings (SSSR count). The fourth-order valence-corrected chi connectivity index (χ4v) is 3.46. The van der Waals surface area contributed by atoms with Crippen LogP contribution in [0.5, 0.6) is 0 Å². The Morgan fingerprint density at radius 2 is 2.00 bits per heavy atom. The number of esters is 1. The maximum Gasteiger partial charge on any atom is 0.327 e. The van der Waals surface area contributed by atoms with Crippen molar-refractivity contribution < 1.29 is 9.53 Å². The average Bonchev–Trinajstić information content (AvgIpc) is 3.15. The maximum absolute atomic E-state index is 12.4. The van der Waals surface area contributed by atoms with Crippen LogP contribution in [0.25, 0.3) is 0 Å². The highest BCUT2D eigenvalue weighted by atomic mass is 16.5. The average molecular weight is 282 g/mol. The van der Waals surface area contributed by atoms with Crippen molar-refractivity contribution in [2.45, 2.75) is 57.5 Å². The molecule has 0 aliphatic heterocycles. The lowest BCUT2D eigenvalue weighted by atomic mass is 9.84. The molecule has 2 aliphatic carbocycles. The van der Waals surface area contributed by atoms with Gasteiger partial charge in [0.05, 0.1) is 7.11 Å². The third-order valence-corrected chi connectivity index (χ3v) is 4.68. The molecule has 2 aliphatic rings. The highest BCUT2D eigenvalue weighted by Crippen LogP contribution is 2.41. The largest absolute Gasteiger partial charge is 0.468 e. The monoisotopic (exact) mass is 282 g/mol. The predicted molar refractivity (Wildman–Crippen MR) is 80.6 cm³/mol. The lowest BCUT2D eigenvalue weighted by Gasteiger charge is -2.39. The first-order valence-electron chi connectivity index (χ1n) is 8.02. The second-order valence-corrected chi connectivity index (χ2v) is 7.03. The normalized spacial score (nSPS) is 22.7. The predicted octanol–water partition coefficient (Wildman–Crippen LogP) is 2.04. The lowest BCUT2D eigenvalue weighted by Crippen LogP contribution is -2.62. The summed E-state index contributed by atoms with van der Waals surface area (Å²) in [5.74, 6) is 1.17. The third-order valence-electron chi connectivity index (χ3n) is 4.68. The molecule has 2 saturated carbocycles. The third kappa shape index (κ3) is 3.53. The van der Waals surface area contributed by atoms with E-state index < -0.39 is 5.54 Å². The molecule has 0 aromatic rings. The van der Waals surface area contributed by atoms with E-state index in [1.807, 2.05) is 0 Å². The molecular formula is C16H30N2O2. The van der Waals surface area contributed by atoms with E-state index in [1.54, 1.807) is 0 Å². The van der Waals surface area contributed by atoms with Crippen LogP contribution >= 0.6 is 0 Å². The van der Waals surface area contributed by atoms with Gasteiger partial charge in [-0.2, -0.15) is 0 Å². The molecule has 20 heavy (non-hydrogen) atoms. The van der Waals surface area contributed by atoms with Crippen molar-refractivity contribution >= 4 is 5.97 Å². The number of carbonyl (C=O) groups is 1. The fraction of sp³-hybridized carbons (Fsp3) is 0.938. The van der Waals surface area contributed by atoms with Crippen molar-refractivity contribution in [2.75, 3.05) is 27.2 Å². The number of carbonyl (C=O) groups excluding carboxylic acids is 1. The van der Waals surface area contributed by atoms with Crippen LogP contribution in [0.4, 0.5) is 0 Å². The van der Waals surface area contributed by atoms with Crippen LogP contribution in [0, 0.1) is 11.8 Å². The summed E-state index contributed by atoms with van der Waals surface area (Å²) >= 11 is 0. The highest BCUT2D eigenvalue weighted by Gasteiger charge is 2.52. The number of likely N-dealkylation sites (N-methyl/N-ethyl adjacent to an activating group) is 1. The molecule has 0 spiro atoms. The Morgan fingerprint density at radius 3 is 2.40 bits per heavy atom. The van der Waals surface area contributed by atoms with Crippen LogP contribution in [0.2, 0.25) is 0 Å². The summed E-state index contributed by atoms with van der Waals surface area (Å²) in [6, 6.07) is 0.284. The molecule has 0 saturated heterocycles. The van der Waals surface area contributed by atoms with Gasteiger partial charge in [-0.3, -0.25) is 5.32 Å². The van der Waals surface area contributed by atoms with Crippen molar-refractivity contribution in [1.82, 2.24) is 10.2 Å². The van der Waals surface area contributed by atoms with E-state index in [9.17, 15) is 4.79 Å². The zero-order valence-corrected chi connectivity index (χ0v) is 13.4. The SMILES string of the molecule is COC(=O)C(CN(C)CC1CCC1)(NC(C)C)C1CC1. The summed E-state index contributed by atoms with van der Waals surface area (Å²) in [5, 5.41) is 3.53. The van der Waals surface area contributed by atoms with E-state index in [1.165, 1.54) is 26.4 Å². The zero-order chi connectivity index (χ0) is 14.8. The Labute approximate surface area is 123 Å². The molecular weight excluding hydrogens is 252 g/mol. The van der Waals surface area contributed by atoms with Gasteiger partial charge in [0.1, 0.15) is 5.54 Å². The highest BCUT2D eigenvalue weighted by molar-refractivity contribution is 5.82. The lowest BCUT2D eigenvalue weighted by molar-refractivity contribution is -0.151. The van der Waals surface area contributed by atoms with Crippen LogP contribution in [0.3, 0.4) is 0 Å². The molecule has 0 aromatic heterocycles. The van der Waals surface area contributed by atoms with E-state index in [0.29, 0.717) is 5.92 Å². The molecule has 0 heterocycles. The van der Waals surface area contributed by atoms with Gasteiger partial charge in [0.15, 0.2) is 0 Å². The first-order valence-corrected chi connectivity index (χ1v) is 8.02. The summed E-state index contributed by atoms with van der Waals surface area (Å²) in [6.45, 7) is 6.07. The van der Waals surface area contributed by atoms with Gasteiger partial charge in [0.2, 0.25) is 0 Å². The van der Waals surface area contributed by atoms with Crippen molar-refractivity contribution in [1.29, 1.82) is 0 Å². The van der Waals surface area contributed by atoms with Gasteiger partial charge < -0.3 is 9.64 Å². The summed E-state index contributed by atoms with van der Waals surface area (Å²) in [6.07, 6.45) is 6.32. The molecule has 2 fully saturated rings. The number of methoxy groups -OCH3 is 1. The Balaban J connectivity index is 2.04. The van der Waals surface area contributed by atoms with Gasteiger partial charge in [-0.1, -0.05) is 6.42 Å². The van der Waals surface area contributed by atoms with Crippen LogP contribution in [0.1, 0.15) is 46.0 Å². The summed E-state index contributed by atoms with van der Waals surface area (Å²) in [7, 11) is 3.65. The Hall–Kier alpha value is -0.610. The van der Waals surface area contributed by atoms with Crippen LogP contribution < -0.4 is 5.32 Å². The minimum Gasteiger partial charge on any atom is -0.468 e. The molecule has 1 atom stereocenters. The zero-order valence-electron chi connectivity index (χ0n) is 13.4. The van der Waals surface area contributed by atoms with Crippen LogP contribution in [-0.2, 0) is 9.53 Å². The Morgan fingerprint density at radius 1 is 1.35 bits per heavy atom. The molecule has 4 heteroatoms. The van der Waals surface area contributed by atoms with Gasteiger partial charge in [-0.15, -0.1) is 0 Å². The number of hydrogen-bond donors (Lipinski definition) is 1. The molecule has 0 bridgehead atoms. The van der Waals surface area contributed by atoms with Crippen LogP contribution in [-0.4, -0.2) is 49.7 Å². The molecule has 0 radical (unpaired) electrons. The topological polar surface area (TPSA) is 41.6 Å². The minimum absolute atomic E-state index is 0.0887. The van der Waals surface area contributed by atoms with E-state index in [2.05, 4.69) is 31.1 Å². The van der Waals surface area contributed by atoms with Gasteiger partial charge in [0, 0.05) is 19.1 Å². The van der Waals surface area contributed by atoms with E-state index in [4.69, 9.17) is 4.74 Å². The quantitative estimate of drug-likeness (QED) is 0.692. The van der Waals surface area contributed by atoms with E-state index in [0.717, 1.165) is 31.8 Å². The number of hydrogen-bond acceptors (Lipinski definition) is 4. The van der Waals surface area contributed by atoms with Crippen molar-refractivity contribution in [2.24, 2.45) is 11.8 Å². The van der Waals surface area contributed by atoms with Crippen LogP contribution in [0.15, 0.2) is 0 Å². The second-order valence-electron chi connectivity index (χ2n) is 7.03. The van der Waals surface area contributed by atoms with Crippen molar-refractivity contribution in [3.05, 3.63) is 0 Å². The molecule has 4 nitrogen and oxygen atoms in total. The smallest absolute Gasteiger partial charge is 0.327 e. The number of nitrogens with one attached hydrogen (secondary N) is 1. The molecule has 0 aromatic carbocycles. The van der Waals surface area contributed by atoms with E-state index >= 15 is 0 Å². The van der Waals surface area contributed by atoms with Crippen molar-refractivity contribution in [3.8, 4) is 0 Å². The second kappa shape index (κ2) is 6.44. The molecule has 1 unspecified atom stereocenters. The standard InChI is InChI=1S/C16H30N2O2/c1-12(2)17-16(14-8-9-14,15(19)20-4)11-18(3)10-13-6-5-7-13/h12-14,17H,5-11H2,1-4H3. The number of nitrogens with zero attached hydrogens (tertiary/aromatic N) is 1. The Kier molecular flexibility index (Phi) is 5.08. The number of ether oxygens (including phenoxy) is 1. The summed E-state index contributed by atoms with van der Waals surface area (Å²) in [4.78, 5) is 14.8. The number of rotatable bonds is 8. The van der Waals surface area contributed by atoms with Gasteiger partial charge in [-0.05, 0) is 58.4 Å². The Bertz CT molecular complexity index is 337. The summed E-state index contributed by atoms with van der Waals surface area (Å²) in [5.41, 5.74) is -0.512. The summed E-state index contributed by atoms with van der Waals surface area (Å²) < 4.78 is 5.14. The van der Waals surface area contributed by atoms with Gasteiger partial charge >= 0.3 is 5.97 Å². The minimum atomic E-state index is -0.512. The molecule has 116 valence electrons. The van der Waals surface area contributed by atoms with Gasteiger partial charge in [0.25, 0.3) is 0 Å². The van der Waals surface area contributed by atoms with E-state index in [-0.39, 0.29) is 12.0 Å². The maximum atomic E-state index is 12.4. The molecule has 0 amide bonds. The first-order chi connectivity index (χ1) is 9.48. The van der Waals surface area contributed by atoms with Gasteiger partial charge in [-0.25, -0.2) is 4.79 Å². The molecule has 1 N–H and O–H groups in total.